The van der Waals surface area contributed by atoms with Gasteiger partial charge in [0.2, 0.25) is 0 Å². The number of nitrogens with zero attached hydrogens (tertiary/aromatic N) is 1. The summed E-state index contributed by atoms with van der Waals surface area (Å²) in [5.74, 6) is -0.623. The SMILES string of the molecule is COCc1ccc(C(=O)N(CC(F)(F)F)C2CCCOC2)cc1. The number of amides is 1. The highest BCUT2D eigenvalue weighted by Gasteiger charge is 2.37. The Morgan fingerprint density at radius 1 is 1.35 bits per heavy atom. The first-order valence-corrected chi connectivity index (χ1v) is 7.44. The molecule has 0 bridgehead atoms. The number of methoxy groups -OCH3 is 1. The first-order valence-electron chi connectivity index (χ1n) is 7.44. The van der Waals surface area contributed by atoms with Gasteiger partial charge in [0.1, 0.15) is 6.54 Å². The fourth-order valence-electron chi connectivity index (χ4n) is 2.61. The molecule has 0 saturated carbocycles. The van der Waals surface area contributed by atoms with Crippen LogP contribution in [0.25, 0.3) is 0 Å². The number of carbonyl (C=O) groups excluding carboxylic acids is 1. The lowest BCUT2D eigenvalue weighted by Gasteiger charge is -2.34. The van der Waals surface area contributed by atoms with Gasteiger partial charge in [0, 0.05) is 19.3 Å². The van der Waals surface area contributed by atoms with E-state index in [9.17, 15) is 18.0 Å². The lowest BCUT2D eigenvalue weighted by atomic mass is 10.1. The summed E-state index contributed by atoms with van der Waals surface area (Å²) in [5, 5.41) is 0. The number of benzene rings is 1. The van der Waals surface area contributed by atoms with Gasteiger partial charge in [0.05, 0.1) is 19.3 Å². The second kappa shape index (κ2) is 7.79. The molecule has 1 aliphatic rings. The van der Waals surface area contributed by atoms with E-state index in [0.29, 0.717) is 26.1 Å². The Bertz CT molecular complexity index is 510. The quantitative estimate of drug-likeness (QED) is 0.832. The van der Waals surface area contributed by atoms with E-state index in [4.69, 9.17) is 9.47 Å². The van der Waals surface area contributed by atoms with Crippen LogP contribution in [0.5, 0.6) is 0 Å². The zero-order valence-corrected chi connectivity index (χ0v) is 12.9. The molecular weight excluding hydrogens is 311 g/mol. The molecule has 0 spiro atoms. The van der Waals surface area contributed by atoms with Crippen molar-refractivity contribution in [2.45, 2.75) is 31.7 Å². The second-order valence-electron chi connectivity index (χ2n) is 5.55. The minimum atomic E-state index is -4.44. The van der Waals surface area contributed by atoms with Crippen molar-refractivity contribution in [3.8, 4) is 0 Å². The molecule has 1 aromatic rings. The van der Waals surface area contributed by atoms with Crippen LogP contribution in [-0.2, 0) is 16.1 Å². The molecule has 2 rings (SSSR count). The lowest BCUT2D eigenvalue weighted by molar-refractivity contribution is -0.148. The molecule has 7 heteroatoms. The number of hydrogen-bond donors (Lipinski definition) is 0. The van der Waals surface area contributed by atoms with E-state index >= 15 is 0 Å². The maximum absolute atomic E-state index is 12.9. The molecule has 1 aromatic carbocycles. The summed E-state index contributed by atoms with van der Waals surface area (Å²) >= 11 is 0. The zero-order chi connectivity index (χ0) is 16.9. The van der Waals surface area contributed by atoms with Crippen molar-refractivity contribution in [3.63, 3.8) is 0 Å². The Balaban J connectivity index is 2.17. The van der Waals surface area contributed by atoms with Crippen LogP contribution < -0.4 is 0 Å². The average Bonchev–Trinajstić information content (AvgIpc) is 2.53. The van der Waals surface area contributed by atoms with Crippen LogP contribution in [0.1, 0.15) is 28.8 Å². The van der Waals surface area contributed by atoms with Gasteiger partial charge in [-0.15, -0.1) is 0 Å². The van der Waals surface area contributed by atoms with Crippen LogP contribution in [0.4, 0.5) is 13.2 Å². The highest BCUT2D eigenvalue weighted by Crippen LogP contribution is 2.23. The Kier molecular flexibility index (Phi) is 6.01. The molecule has 0 aliphatic carbocycles. The Morgan fingerprint density at radius 3 is 2.57 bits per heavy atom. The number of carbonyl (C=O) groups is 1. The average molecular weight is 331 g/mol. The van der Waals surface area contributed by atoms with Gasteiger partial charge in [-0.3, -0.25) is 4.79 Å². The maximum atomic E-state index is 12.9. The van der Waals surface area contributed by atoms with Crippen molar-refractivity contribution in [1.29, 1.82) is 0 Å². The fourth-order valence-corrected chi connectivity index (χ4v) is 2.61. The Hall–Kier alpha value is -1.60. The van der Waals surface area contributed by atoms with E-state index in [0.717, 1.165) is 10.5 Å². The van der Waals surface area contributed by atoms with Crippen molar-refractivity contribution in [2.24, 2.45) is 0 Å². The van der Waals surface area contributed by atoms with E-state index in [-0.39, 0.29) is 12.2 Å². The smallest absolute Gasteiger partial charge is 0.380 e. The molecule has 1 heterocycles. The van der Waals surface area contributed by atoms with E-state index in [1.165, 1.54) is 12.1 Å². The fraction of sp³-hybridized carbons (Fsp3) is 0.562. The van der Waals surface area contributed by atoms with Gasteiger partial charge in [-0.1, -0.05) is 12.1 Å². The van der Waals surface area contributed by atoms with Gasteiger partial charge >= 0.3 is 6.18 Å². The van der Waals surface area contributed by atoms with Crippen molar-refractivity contribution in [1.82, 2.24) is 4.90 Å². The third-order valence-electron chi connectivity index (χ3n) is 3.70. The van der Waals surface area contributed by atoms with Crippen LogP contribution in [0.15, 0.2) is 24.3 Å². The summed E-state index contributed by atoms with van der Waals surface area (Å²) in [6, 6.07) is 5.88. The first kappa shape index (κ1) is 17.7. The molecule has 23 heavy (non-hydrogen) atoms. The van der Waals surface area contributed by atoms with Gasteiger partial charge in [0.15, 0.2) is 0 Å². The summed E-state index contributed by atoms with van der Waals surface area (Å²) in [6.45, 7) is -0.212. The molecule has 1 saturated heterocycles. The summed E-state index contributed by atoms with van der Waals surface area (Å²) in [6.07, 6.45) is -3.27. The molecule has 0 N–H and O–H groups in total. The summed E-state index contributed by atoms with van der Waals surface area (Å²) in [4.78, 5) is 13.4. The summed E-state index contributed by atoms with van der Waals surface area (Å²) in [5.41, 5.74) is 1.09. The molecule has 1 unspecified atom stereocenters. The van der Waals surface area contributed by atoms with E-state index in [2.05, 4.69) is 0 Å². The second-order valence-corrected chi connectivity index (χ2v) is 5.55. The molecule has 128 valence electrons. The third-order valence-corrected chi connectivity index (χ3v) is 3.70. The third kappa shape index (κ3) is 5.21. The highest BCUT2D eigenvalue weighted by molar-refractivity contribution is 5.94. The van der Waals surface area contributed by atoms with E-state index in [1.807, 2.05) is 0 Å². The predicted octanol–water partition coefficient (Wildman–Crippen LogP) is 3.02. The van der Waals surface area contributed by atoms with E-state index in [1.54, 1.807) is 19.2 Å². The van der Waals surface area contributed by atoms with Crippen molar-refractivity contribution in [3.05, 3.63) is 35.4 Å². The molecule has 0 radical (unpaired) electrons. The van der Waals surface area contributed by atoms with Gasteiger partial charge < -0.3 is 14.4 Å². The minimum Gasteiger partial charge on any atom is -0.380 e. The van der Waals surface area contributed by atoms with Crippen LogP contribution in [0, 0.1) is 0 Å². The molecule has 0 aromatic heterocycles. The van der Waals surface area contributed by atoms with Crippen LogP contribution in [-0.4, -0.2) is 49.9 Å². The van der Waals surface area contributed by atoms with Crippen molar-refractivity contribution < 1.29 is 27.4 Å². The summed E-state index contributed by atoms with van der Waals surface area (Å²) in [7, 11) is 1.55. The maximum Gasteiger partial charge on any atom is 0.406 e. The van der Waals surface area contributed by atoms with Gasteiger partial charge in [0.25, 0.3) is 5.91 Å². The van der Waals surface area contributed by atoms with Gasteiger partial charge in [-0.05, 0) is 30.5 Å². The zero-order valence-electron chi connectivity index (χ0n) is 12.9. The van der Waals surface area contributed by atoms with Gasteiger partial charge in [-0.25, -0.2) is 0 Å². The molecule has 1 fully saturated rings. The van der Waals surface area contributed by atoms with Crippen LogP contribution in [0.2, 0.25) is 0 Å². The minimum absolute atomic E-state index is 0.142. The lowest BCUT2D eigenvalue weighted by Crippen LogP contribution is -2.49. The normalized spacial score (nSPS) is 18.7. The Morgan fingerprint density at radius 2 is 2.04 bits per heavy atom. The number of hydrogen-bond acceptors (Lipinski definition) is 3. The first-order chi connectivity index (χ1) is 10.9. The van der Waals surface area contributed by atoms with Gasteiger partial charge in [-0.2, -0.15) is 13.2 Å². The topological polar surface area (TPSA) is 38.8 Å². The van der Waals surface area contributed by atoms with Crippen LogP contribution >= 0.6 is 0 Å². The molecule has 1 aliphatic heterocycles. The number of rotatable bonds is 5. The summed E-state index contributed by atoms with van der Waals surface area (Å²) < 4.78 is 48.8. The number of alkyl halides is 3. The standard InChI is InChI=1S/C16H20F3NO3/c1-22-9-12-4-6-13(7-5-12)15(21)20(11-16(17,18)19)14-3-2-8-23-10-14/h4-7,14H,2-3,8-11H2,1H3. The number of halogens is 3. The van der Waals surface area contributed by atoms with Crippen LogP contribution in [0.3, 0.4) is 0 Å². The molecule has 1 atom stereocenters. The molecule has 1 amide bonds. The monoisotopic (exact) mass is 331 g/mol. The Labute approximate surface area is 133 Å². The van der Waals surface area contributed by atoms with Crippen molar-refractivity contribution in [2.75, 3.05) is 26.9 Å². The molecular formula is C16H20F3NO3. The largest absolute Gasteiger partial charge is 0.406 e. The number of ether oxygens (including phenoxy) is 2. The van der Waals surface area contributed by atoms with Crippen molar-refractivity contribution >= 4 is 5.91 Å². The van der Waals surface area contributed by atoms with E-state index < -0.39 is 24.7 Å². The predicted molar refractivity (Wildman–Crippen MR) is 78.1 cm³/mol. The molecule has 4 nitrogen and oxygen atoms in total. The highest BCUT2D eigenvalue weighted by atomic mass is 19.4.